The lowest BCUT2D eigenvalue weighted by Gasteiger charge is -2.24. The SMILES string of the molecule is CC(C)c1noc(CNc2ccccc2C(=O)N2CCCC2CO)n1. The van der Waals surface area contributed by atoms with Gasteiger partial charge in [-0.05, 0) is 25.0 Å². The normalized spacial score (nSPS) is 17.3. The van der Waals surface area contributed by atoms with Gasteiger partial charge in [0.2, 0.25) is 5.89 Å². The molecule has 1 atom stereocenters. The number of para-hydroxylation sites is 1. The molecule has 1 unspecified atom stereocenters. The summed E-state index contributed by atoms with van der Waals surface area (Å²) in [5.41, 5.74) is 1.31. The molecule has 7 heteroatoms. The van der Waals surface area contributed by atoms with Crippen LogP contribution in [0.5, 0.6) is 0 Å². The van der Waals surface area contributed by atoms with Crippen LogP contribution < -0.4 is 5.32 Å². The first-order valence-electron chi connectivity index (χ1n) is 8.67. The van der Waals surface area contributed by atoms with Crippen LogP contribution in [0.25, 0.3) is 0 Å². The molecular weight excluding hydrogens is 320 g/mol. The minimum Gasteiger partial charge on any atom is -0.394 e. The van der Waals surface area contributed by atoms with E-state index in [-0.39, 0.29) is 24.5 Å². The number of likely N-dealkylation sites (tertiary alicyclic amines) is 1. The number of hydrogen-bond donors (Lipinski definition) is 2. The van der Waals surface area contributed by atoms with Gasteiger partial charge in [-0.1, -0.05) is 31.1 Å². The second kappa shape index (κ2) is 7.65. The third kappa shape index (κ3) is 3.82. The van der Waals surface area contributed by atoms with E-state index in [1.165, 1.54) is 0 Å². The van der Waals surface area contributed by atoms with Gasteiger partial charge in [-0.25, -0.2) is 0 Å². The van der Waals surface area contributed by atoms with Gasteiger partial charge in [-0.15, -0.1) is 0 Å². The number of rotatable bonds is 6. The molecule has 134 valence electrons. The smallest absolute Gasteiger partial charge is 0.256 e. The molecule has 1 aliphatic rings. The van der Waals surface area contributed by atoms with Crippen molar-refractivity contribution in [1.82, 2.24) is 15.0 Å². The van der Waals surface area contributed by atoms with Gasteiger partial charge in [0.05, 0.1) is 24.8 Å². The third-order valence-electron chi connectivity index (χ3n) is 4.44. The van der Waals surface area contributed by atoms with Crippen molar-refractivity contribution in [2.45, 2.75) is 45.2 Å². The monoisotopic (exact) mass is 344 g/mol. The van der Waals surface area contributed by atoms with E-state index in [4.69, 9.17) is 4.52 Å². The van der Waals surface area contributed by atoms with Gasteiger partial charge in [-0.2, -0.15) is 4.98 Å². The number of aliphatic hydroxyl groups excluding tert-OH is 1. The number of nitrogens with zero attached hydrogens (tertiary/aromatic N) is 3. The maximum Gasteiger partial charge on any atom is 0.256 e. The highest BCUT2D eigenvalue weighted by molar-refractivity contribution is 5.99. The molecule has 1 aromatic heterocycles. The first-order chi connectivity index (χ1) is 12.1. The lowest BCUT2D eigenvalue weighted by atomic mass is 10.1. The van der Waals surface area contributed by atoms with Crippen molar-refractivity contribution in [2.24, 2.45) is 0 Å². The first-order valence-corrected chi connectivity index (χ1v) is 8.67. The van der Waals surface area contributed by atoms with Crippen LogP contribution in [0, 0.1) is 0 Å². The van der Waals surface area contributed by atoms with E-state index in [9.17, 15) is 9.90 Å². The lowest BCUT2D eigenvalue weighted by Crippen LogP contribution is -2.37. The molecule has 0 bridgehead atoms. The number of amides is 1. The van der Waals surface area contributed by atoms with Crippen LogP contribution in [0.4, 0.5) is 5.69 Å². The van der Waals surface area contributed by atoms with Crippen LogP contribution in [-0.4, -0.2) is 45.2 Å². The Morgan fingerprint density at radius 1 is 1.44 bits per heavy atom. The summed E-state index contributed by atoms with van der Waals surface area (Å²) in [6.45, 7) is 5.04. The van der Waals surface area contributed by atoms with Crippen LogP contribution in [0.1, 0.15) is 54.7 Å². The van der Waals surface area contributed by atoms with E-state index in [0.717, 1.165) is 18.5 Å². The number of hydrogen-bond acceptors (Lipinski definition) is 6. The Hall–Kier alpha value is -2.41. The van der Waals surface area contributed by atoms with E-state index < -0.39 is 0 Å². The van der Waals surface area contributed by atoms with E-state index in [0.29, 0.717) is 30.4 Å². The second-order valence-electron chi connectivity index (χ2n) is 6.58. The Bertz CT molecular complexity index is 729. The van der Waals surface area contributed by atoms with E-state index in [1.807, 2.05) is 32.0 Å². The van der Waals surface area contributed by atoms with Crippen molar-refractivity contribution in [2.75, 3.05) is 18.5 Å². The molecule has 2 heterocycles. The molecule has 1 fully saturated rings. The fourth-order valence-corrected chi connectivity index (χ4v) is 3.02. The summed E-state index contributed by atoms with van der Waals surface area (Å²) < 4.78 is 5.23. The minimum atomic E-state index is -0.0925. The zero-order valence-electron chi connectivity index (χ0n) is 14.6. The van der Waals surface area contributed by atoms with Gasteiger partial charge in [0.15, 0.2) is 5.82 Å². The highest BCUT2D eigenvalue weighted by atomic mass is 16.5. The Balaban J connectivity index is 1.73. The number of aliphatic hydroxyl groups is 1. The van der Waals surface area contributed by atoms with Gasteiger partial charge < -0.3 is 19.8 Å². The molecule has 1 aromatic carbocycles. The van der Waals surface area contributed by atoms with Crippen molar-refractivity contribution in [3.05, 3.63) is 41.5 Å². The second-order valence-corrected chi connectivity index (χ2v) is 6.58. The predicted octanol–water partition coefficient (Wildman–Crippen LogP) is 2.40. The van der Waals surface area contributed by atoms with Crippen LogP contribution in [0.3, 0.4) is 0 Å². The fourth-order valence-electron chi connectivity index (χ4n) is 3.02. The molecular formula is C18H24N4O3. The fraction of sp³-hybridized carbons (Fsp3) is 0.500. The lowest BCUT2D eigenvalue weighted by molar-refractivity contribution is 0.0678. The molecule has 1 aliphatic heterocycles. The van der Waals surface area contributed by atoms with Gasteiger partial charge in [-0.3, -0.25) is 4.79 Å². The molecule has 0 saturated carbocycles. The number of carbonyl (C=O) groups excluding carboxylic acids is 1. The van der Waals surface area contributed by atoms with E-state index in [2.05, 4.69) is 15.5 Å². The van der Waals surface area contributed by atoms with Crippen LogP contribution in [-0.2, 0) is 6.54 Å². The summed E-state index contributed by atoms with van der Waals surface area (Å²) in [5.74, 6) is 1.30. The summed E-state index contributed by atoms with van der Waals surface area (Å²) in [6, 6.07) is 7.28. The van der Waals surface area contributed by atoms with E-state index in [1.54, 1.807) is 11.0 Å². The topological polar surface area (TPSA) is 91.5 Å². The number of benzene rings is 1. The number of carbonyl (C=O) groups is 1. The molecule has 0 radical (unpaired) electrons. The molecule has 0 aliphatic carbocycles. The number of aromatic nitrogens is 2. The average Bonchev–Trinajstić information content (AvgIpc) is 3.28. The summed E-state index contributed by atoms with van der Waals surface area (Å²) >= 11 is 0. The van der Waals surface area contributed by atoms with Crippen LogP contribution in [0.15, 0.2) is 28.8 Å². The zero-order chi connectivity index (χ0) is 17.8. The van der Waals surface area contributed by atoms with E-state index >= 15 is 0 Å². The molecule has 0 spiro atoms. The molecule has 2 N–H and O–H groups in total. The number of anilines is 1. The van der Waals surface area contributed by atoms with Crippen molar-refractivity contribution in [1.29, 1.82) is 0 Å². The molecule has 2 aromatic rings. The summed E-state index contributed by atoms with van der Waals surface area (Å²) in [5, 5.41) is 16.6. The quantitative estimate of drug-likeness (QED) is 0.836. The summed E-state index contributed by atoms with van der Waals surface area (Å²) in [7, 11) is 0. The minimum absolute atomic E-state index is 0.00129. The maximum atomic E-state index is 12.9. The van der Waals surface area contributed by atoms with Crippen molar-refractivity contribution < 1.29 is 14.4 Å². The van der Waals surface area contributed by atoms with Gasteiger partial charge in [0, 0.05) is 18.2 Å². The largest absolute Gasteiger partial charge is 0.394 e. The average molecular weight is 344 g/mol. The Labute approximate surface area is 147 Å². The standard InChI is InChI=1S/C18H24N4O3/c1-12(2)17-20-16(25-21-17)10-19-15-8-4-3-7-14(15)18(24)22-9-5-6-13(22)11-23/h3-4,7-8,12-13,19,23H,5-6,9-11H2,1-2H3. The molecule has 25 heavy (non-hydrogen) atoms. The Morgan fingerprint density at radius 2 is 2.24 bits per heavy atom. The third-order valence-corrected chi connectivity index (χ3v) is 4.44. The molecule has 1 amide bonds. The maximum absolute atomic E-state index is 12.9. The zero-order valence-corrected chi connectivity index (χ0v) is 14.6. The Kier molecular flexibility index (Phi) is 5.33. The highest BCUT2D eigenvalue weighted by Gasteiger charge is 2.29. The molecule has 7 nitrogen and oxygen atoms in total. The molecule has 3 rings (SSSR count). The van der Waals surface area contributed by atoms with Crippen molar-refractivity contribution >= 4 is 11.6 Å². The van der Waals surface area contributed by atoms with Gasteiger partial charge >= 0.3 is 0 Å². The highest BCUT2D eigenvalue weighted by Crippen LogP contribution is 2.24. The summed E-state index contributed by atoms with van der Waals surface area (Å²) in [4.78, 5) is 19.0. The van der Waals surface area contributed by atoms with Gasteiger partial charge in [0.25, 0.3) is 5.91 Å². The van der Waals surface area contributed by atoms with Crippen LogP contribution in [0.2, 0.25) is 0 Å². The van der Waals surface area contributed by atoms with Crippen molar-refractivity contribution in [3.63, 3.8) is 0 Å². The summed E-state index contributed by atoms with van der Waals surface area (Å²) in [6.07, 6.45) is 1.77. The van der Waals surface area contributed by atoms with Crippen molar-refractivity contribution in [3.8, 4) is 0 Å². The van der Waals surface area contributed by atoms with Gasteiger partial charge in [0.1, 0.15) is 0 Å². The van der Waals surface area contributed by atoms with Crippen LogP contribution >= 0.6 is 0 Å². The predicted molar refractivity (Wildman–Crippen MR) is 93.3 cm³/mol. The Morgan fingerprint density at radius 3 is 2.96 bits per heavy atom. The number of nitrogens with one attached hydrogen (secondary N) is 1. The molecule has 1 saturated heterocycles. The first kappa shape index (κ1) is 17.4.